The monoisotopic (exact) mass is 250 g/mol. The summed E-state index contributed by atoms with van der Waals surface area (Å²) in [7, 11) is 0. The number of nitrogens with one attached hydrogen (secondary N) is 1. The molecule has 6 heteroatoms. The van der Waals surface area contributed by atoms with Gasteiger partial charge in [-0.05, 0) is 5.56 Å². The van der Waals surface area contributed by atoms with Crippen molar-refractivity contribution >= 4 is 18.2 Å². The molecule has 18 heavy (non-hydrogen) atoms. The van der Waals surface area contributed by atoms with Crippen LogP contribution in [0.15, 0.2) is 30.3 Å². The highest BCUT2D eigenvalue weighted by molar-refractivity contribution is 6.01. The van der Waals surface area contributed by atoms with E-state index in [-0.39, 0.29) is 19.3 Å². The van der Waals surface area contributed by atoms with Gasteiger partial charge < -0.3 is 21.0 Å². The van der Waals surface area contributed by atoms with Crippen LogP contribution in [0.25, 0.3) is 0 Å². The van der Waals surface area contributed by atoms with Gasteiger partial charge in [-0.2, -0.15) is 0 Å². The van der Waals surface area contributed by atoms with Crippen LogP contribution in [-0.2, 0) is 20.8 Å². The minimum atomic E-state index is -1.97. The number of carboxylic acid groups (broad SMARTS) is 1. The molecule has 1 unspecified atom stereocenters. The maximum absolute atomic E-state index is 11.2. The number of carbonyl (C=O) groups is 3. The number of carboxylic acids is 1. The summed E-state index contributed by atoms with van der Waals surface area (Å²) >= 11 is 0. The van der Waals surface area contributed by atoms with E-state index in [9.17, 15) is 14.4 Å². The molecule has 6 nitrogen and oxygen atoms in total. The SMILES string of the molecule is NCC(=O)NC(C=O)(Cc1ccccc1)C(=O)O. The molecule has 4 N–H and O–H groups in total. The van der Waals surface area contributed by atoms with Gasteiger partial charge in [-0.1, -0.05) is 30.3 Å². The maximum atomic E-state index is 11.2. The largest absolute Gasteiger partial charge is 0.479 e. The van der Waals surface area contributed by atoms with Gasteiger partial charge in [0.2, 0.25) is 5.91 Å². The molecule has 96 valence electrons. The fourth-order valence-electron chi connectivity index (χ4n) is 1.51. The van der Waals surface area contributed by atoms with Gasteiger partial charge in [0.25, 0.3) is 0 Å². The van der Waals surface area contributed by atoms with Crippen LogP contribution in [0.1, 0.15) is 5.56 Å². The Kier molecular flexibility index (Phi) is 4.56. The van der Waals surface area contributed by atoms with Gasteiger partial charge in [-0.15, -0.1) is 0 Å². The van der Waals surface area contributed by atoms with Crippen LogP contribution in [0.5, 0.6) is 0 Å². The zero-order chi connectivity index (χ0) is 13.6. The predicted molar refractivity (Wildman–Crippen MR) is 63.8 cm³/mol. The van der Waals surface area contributed by atoms with E-state index in [2.05, 4.69) is 5.32 Å². The molecule has 0 aliphatic rings. The lowest BCUT2D eigenvalue weighted by molar-refractivity contribution is -0.149. The van der Waals surface area contributed by atoms with Gasteiger partial charge in [0, 0.05) is 6.42 Å². The van der Waals surface area contributed by atoms with E-state index in [1.807, 2.05) is 0 Å². The van der Waals surface area contributed by atoms with E-state index >= 15 is 0 Å². The summed E-state index contributed by atoms with van der Waals surface area (Å²) in [5.74, 6) is -2.11. The highest BCUT2D eigenvalue weighted by Gasteiger charge is 2.40. The summed E-state index contributed by atoms with van der Waals surface area (Å²) in [5.41, 5.74) is 3.76. The lowest BCUT2D eigenvalue weighted by atomic mass is 9.92. The van der Waals surface area contributed by atoms with Crippen LogP contribution in [0.3, 0.4) is 0 Å². The molecule has 0 aromatic heterocycles. The van der Waals surface area contributed by atoms with Gasteiger partial charge in [-0.3, -0.25) is 4.79 Å². The third-order valence-corrected chi connectivity index (χ3v) is 2.46. The Morgan fingerprint density at radius 3 is 2.39 bits per heavy atom. The van der Waals surface area contributed by atoms with Gasteiger partial charge in [0.05, 0.1) is 6.54 Å². The molecule has 0 aliphatic heterocycles. The minimum absolute atomic E-state index is 0.127. The summed E-state index contributed by atoms with van der Waals surface area (Å²) in [6.45, 7) is -0.377. The molecule has 0 fully saturated rings. The molecule has 0 saturated heterocycles. The van der Waals surface area contributed by atoms with Crippen molar-refractivity contribution in [3.8, 4) is 0 Å². The molecule has 0 bridgehead atoms. The predicted octanol–water partition coefficient (Wildman–Crippen LogP) is -0.674. The maximum Gasteiger partial charge on any atom is 0.337 e. The zero-order valence-electron chi connectivity index (χ0n) is 9.63. The number of amides is 1. The third kappa shape index (κ3) is 3.14. The molecular weight excluding hydrogens is 236 g/mol. The minimum Gasteiger partial charge on any atom is -0.479 e. The number of carbonyl (C=O) groups excluding carboxylic acids is 2. The number of rotatable bonds is 6. The molecule has 1 amide bonds. The molecule has 0 heterocycles. The molecule has 0 spiro atoms. The summed E-state index contributed by atoms with van der Waals surface area (Å²) in [6, 6.07) is 8.56. The Bertz CT molecular complexity index is 447. The number of hydrogen-bond acceptors (Lipinski definition) is 4. The Balaban J connectivity index is 3.01. The second-order valence-electron chi connectivity index (χ2n) is 3.81. The summed E-state index contributed by atoms with van der Waals surface area (Å²) < 4.78 is 0. The van der Waals surface area contributed by atoms with Gasteiger partial charge >= 0.3 is 5.97 Å². The number of hydrogen-bond donors (Lipinski definition) is 3. The van der Waals surface area contributed by atoms with Crippen molar-refractivity contribution < 1.29 is 19.5 Å². The van der Waals surface area contributed by atoms with Crippen LogP contribution < -0.4 is 11.1 Å². The number of nitrogens with two attached hydrogens (primary N) is 1. The van der Waals surface area contributed by atoms with Crippen LogP contribution >= 0.6 is 0 Å². The lowest BCUT2D eigenvalue weighted by Gasteiger charge is -2.24. The number of benzene rings is 1. The highest BCUT2D eigenvalue weighted by Crippen LogP contribution is 2.12. The first-order chi connectivity index (χ1) is 8.54. The van der Waals surface area contributed by atoms with Crippen molar-refractivity contribution in [1.82, 2.24) is 5.32 Å². The Morgan fingerprint density at radius 2 is 1.94 bits per heavy atom. The topological polar surface area (TPSA) is 109 Å². The molecule has 0 radical (unpaired) electrons. The van der Waals surface area contributed by atoms with Crippen molar-refractivity contribution in [1.29, 1.82) is 0 Å². The molecule has 1 aromatic carbocycles. The quantitative estimate of drug-likeness (QED) is 0.458. The van der Waals surface area contributed by atoms with Gasteiger partial charge in [0.15, 0.2) is 11.8 Å². The first-order valence-corrected chi connectivity index (χ1v) is 5.29. The average Bonchev–Trinajstić information content (AvgIpc) is 2.38. The van der Waals surface area contributed by atoms with E-state index < -0.39 is 17.4 Å². The van der Waals surface area contributed by atoms with Crippen LogP contribution in [-0.4, -0.2) is 35.4 Å². The van der Waals surface area contributed by atoms with Crippen molar-refractivity contribution in [2.45, 2.75) is 12.0 Å². The lowest BCUT2D eigenvalue weighted by Crippen LogP contribution is -2.58. The molecule has 1 atom stereocenters. The molecule has 0 saturated carbocycles. The molecule has 1 aromatic rings. The summed E-state index contributed by atoms with van der Waals surface area (Å²) in [6.07, 6.45) is 0.0916. The van der Waals surface area contributed by atoms with Crippen molar-refractivity contribution in [2.75, 3.05) is 6.54 Å². The summed E-state index contributed by atoms with van der Waals surface area (Å²) in [5, 5.41) is 11.3. The highest BCUT2D eigenvalue weighted by atomic mass is 16.4. The van der Waals surface area contributed by atoms with Crippen molar-refractivity contribution in [2.24, 2.45) is 5.73 Å². The number of aldehydes is 1. The van der Waals surface area contributed by atoms with E-state index in [1.165, 1.54) is 0 Å². The van der Waals surface area contributed by atoms with E-state index in [0.29, 0.717) is 5.56 Å². The molecule has 0 aliphatic carbocycles. The third-order valence-electron chi connectivity index (χ3n) is 2.46. The zero-order valence-corrected chi connectivity index (χ0v) is 9.63. The second kappa shape index (κ2) is 5.92. The molecule has 1 rings (SSSR count). The number of aliphatic carboxylic acids is 1. The Morgan fingerprint density at radius 1 is 1.33 bits per heavy atom. The van der Waals surface area contributed by atoms with Crippen LogP contribution in [0.2, 0.25) is 0 Å². The van der Waals surface area contributed by atoms with E-state index in [0.717, 1.165) is 0 Å². The van der Waals surface area contributed by atoms with Crippen LogP contribution in [0.4, 0.5) is 0 Å². The average molecular weight is 250 g/mol. The van der Waals surface area contributed by atoms with Crippen molar-refractivity contribution in [3.05, 3.63) is 35.9 Å². The van der Waals surface area contributed by atoms with Crippen LogP contribution in [0, 0.1) is 0 Å². The second-order valence-corrected chi connectivity index (χ2v) is 3.81. The van der Waals surface area contributed by atoms with Crippen molar-refractivity contribution in [3.63, 3.8) is 0 Å². The molecular formula is C12H14N2O4. The van der Waals surface area contributed by atoms with Gasteiger partial charge in [-0.25, -0.2) is 4.79 Å². The smallest absolute Gasteiger partial charge is 0.337 e. The standard InChI is InChI=1S/C12H14N2O4/c13-7-10(16)14-12(8-15,11(17)18)6-9-4-2-1-3-5-9/h1-5,8H,6-7,13H2,(H,14,16)(H,17,18). The fraction of sp³-hybridized carbons (Fsp3) is 0.250. The Hall–Kier alpha value is -2.21. The van der Waals surface area contributed by atoms with Gasteiger partial charge in [0.1, 0.15) is 0 Å². The van der Waals surface area contributed by atoms with E-state index in [1.54, 1.807) is 30.3 Å². The van der Waals surface area contributed by atoms with E-state index in [4.69, 9.17) is 10.8 Å². The first kappa shape index (κ1) is 13.9. The first-order valence-electron chi connectivity index (χ1n) is 5.29. The summed E-state index contributed by atoms with van der Waals surface area (Å²) in [4.78, 5) is 33.5. The fourth-order valence-corrected chi connectivity index (χ4v) is 1.51. The Labute approximate surface area is 104 Å². The normalized spacial score (nSPS) is 13.4.